The zero-order valence-corrected chi connectivity index (χ0v) is 16.2. The fraction of sp³-hybridized carbons (Fsp3) is 0.0909. The molecule has 148 valence electrons. The average Bonchev–Trinajstić information content (AvgIpc) is 3.16. The average molecular weight is 398 g/mol. The van der Waals surface area contributed by atoms with E-state index in [1.54, 1.807) is 16.6 Å². The molecule has 0 aliphatic heterocycles. The zero-order chi connectivity index (χ0) is 20.9. The molecule has 0 atom stereocenters. The largest absolute Gasteiger partial charge is 0.479 e. The van der Waals surface area contributed by atoms with Crippen LogP contribution in [0.4, 0.5) is 17.3 Å². The van der Waals surface area contributed by atoms with Gasteiger partial charge in [-0.05, 0) is 54.1 Å². The molecule has 2 aromatic carbocycles. The van der Waals surface area contributed by atoms with Crippen LogP contribution in [-0.4, -0.2) is 27.1 Å². The van der Waals surface area contributed by atoms with E-state index in [-0.39, 0.29) is 12.5 Å². The van der Waals surface area contributed by atoms with Gasteiger partial charge < -0.3 is 15.4 Å². The molecular weight excluding hydrogens is 380 g/mol. The van der Waals surface area contributed by atoms with E-state index in [2.05, 4.69) is 20.7 Å². The molecular formula is C22H18N6O2. The van der Waals surface area contributed by atoms with Crippen LogP contribution in [0, 0.1) is 11.3 Å². The Hall–Kier alpha value is -4.38. The Morgan fingerprint density at radius 2 is 1.83 bits per heavy atom. The number of aromatic nitrogens is 3. The van der Waals surface area contributed by atoms with Gasteiger partial charge in [0.2, 0.25) is 11.9 Å². The molecule has 0 saturated heterocycles. The maximum absolute atomic E-state index is 11.1. The summed E-state index contributed by atoms with van der Waals surface area (Å²) in [7, 11) is 0. The van der Waals surface area contributed by atoms with Gasteiger partial charge in [-0.1, -0.05) is 12.1 Å². The fourth-order valence-electron chi connectivity index (χ4n) is 3.00. The Labute approximate surface area is 172 Å². The monoisotopic (exact) mass is 398 g/mol. The maximum atomic E-state index is 11.1. The molecule has 2 aromatic heterocycles. The summed E-state index contributed by atoms with van der Waals surface area (Å²) in [6, 6.07) is 20.6. The van der Waals surface area contributed by atoms with Gasteiger partial charge in [0.1, 0.15) is 11.8 Å². The van der Waals surface area contributed by atoms with Crippen molar-refractivity contribution in [3.05, 3.63) is 66.9 Å². The molecule has 30 heavy (non-hydrogen) atoms. The van der Waals surface area contributed by atoms with E-state index in [1.165, 1.54) is 6.92 Å². The van der Waals surface area contributed by atoms with Crippen molar-refractivity contribution < 1.29 is 9.53 Å². The summed E-state index contributed by atoms with van der Waals surface area (Å²) in [5.41, 5.74) is 4.12. The number of nitriles is 1. The molecule has 4 rings (SSSR count). The Morgan fingerprint density at radius 3 is 2.53 bits per heavy atom. The number of anilines is 3. The van der Waals surface area contributed by atoms with Crippen molar-refractivity contribution in [3.8, 4) is 22.9 Å². The van der Waals surface area contributed by atoms with Gasteiger partial charge in [0.05, 0.1) is 0 Å². The topological polar surface area (TPSA) is 104 Å². The lowest BCUT2D eigenvalue weighted by molar-refractivity contribution is -0.114. The maximum Gasteiger partial charge on any atom is 0.247 e. The third-order valence-corrected chi connectivity index (χ3v) is 4.29. The van der Waals surface area contributed by atoms with Crippen molar-refractivity contribution >= 4 is 28.9 Å². The molecule has 0 unspecified atom stereocenters. The Morgan fingerprint density at radius 1 is 1.10 bits per heavy atom. The minimum atomic E-state index is -0.116. The lowest BCUT2D eigenvalue weighted by Crippen LogP contribution is -2.05. The Bertz CT molecular complexity index is 1220. The Kier molecular flexibility index (Phi) is 5.26. The van der Waals surface area contributed by atoms with Gasteiger partial charge in [-0.3, -0.25) is 4.79 Å². The van der Waals surface area contributed by atoms with E-state index in [4.69, 9.17) is 10.00 Å². The molecule has 0 radical (unpaired) electrons. The van der Waals surface area contributed by atoms with Gasteiger partial charge in [-0.2, -0.15) is 10.2 Å². The zero-order valence-electron chi connectivity index (χ0n) is 16.2. The van der Waals surface area contributed by atoms with Crippen LogP contribution in [-0.2, 0) is 4.79 Å². The molecule has 0 aliphatic carbocycles. The molecule has 8 nitrogen and oxygen atoms in total. The van der Waals surface area contributed by atoms with Crippen LogP contribution >= 0.6 is 0 Å². The molecule has 2 N–H and O–H groups in total. The second kappa shape index (κ2) is 8.32. The van der Waals surface area contributed by atoms with E-state index in [0.717, 1.165) is 22.5 Å². The Balaban J connectivity index is 1.58. The van der Waals surface area contributed by atoms with Gasteiger partial charge in [-0.15, -0.1) is 5.10 Å². The standard InChI is InChI=1S/C22H18N6O2/c1-15(29)24-17-6-8-18(9-7-17)25-22-26-21-20(3-2-13-28(21)27-22)16-4-10-19(11-5-16)30-14-12-23/h2-11,13H,14H2,1H3,(H,24,29)(H,25,27). The van der Waals surface area contributed by atoms with Gasteiger partial charge in [-0.25, -0.2) is 4.52 Å². The first-order chi connectivity index (χ1) is 14.6. The van der Waals surface area contributed by atoms with E-state index in [9.17, 15) is 4.79 Å². The number of benzene rings is 2. The molecule has 0 aliphatic rings. The van der Waals surface area contributed by atoms with Crippen molar-refractivity contribution in [3.63, 3.8) is 0 Å². The van der Waals surface area contributed by atoms with Crippen LogP contribution in [0.15, 0.2) is 66.9 Å². The second-order valence-corrected chi connectivity index (χ2v) is 6.48. The number of carbonyl (C=O) groups is 1. The van der Waals surface area contributed by atoms with Crippen molar-refractivity contribution in [2.75, 3.05) is 17.2 Å². The quantitative estimate of drug-likeness (QED) is 0.509. The van der Waals surface area contributed by atoms with Crippen LogP contribution in [0.25, 0.3) is 16.8 Å². The van der Waals surface area contributed by atoms with Crippen molar-refractivity contribution in [1.82, 2.24) is 14.6 Å². The van der Waals surface area contributed by atoms with Crippen molar-refractivity contribution in [2.24, 2.45) is 0 Å². The minimum Gasteiger partial charge on any atom is -0.479 e. The highest BCUT2D eigenvalue weighted by atomic mass is 16.5. The summed E-state index contributed by atoms with van der Waals surface area (Å²) in [5.74, 6) is 0.984. The highest BCUT2D eigenvalue weighted by Crippen LogP contribution is 2.27. The second-order valence-electron chi connectivity index (χ2n) is 6.48. The molecule has 0 bridgehead atoms. The van der Waals surface area contributed by atoms with Gasteiger partial charge in [0.15, 0.2) is 12.3 Å². The van der Waals surface area contributed by atoms with Gasteiger partial charge >= 0.3 is 0 Å². The smallest absolute Gasteiger partial charge is 0.247 e. The normalized spacial score (nSPS) is 10.4. The lowest BCUT2D eigenvalue weighted by Gasteiger charge is -2.05. The van der Waals surface area contributed by atoms with E-state index in [1.807, 2.05) is 60.8 Å². The first-order valence-electron chi connectivity index (χ1n) is 9.22. The molecule has 1 amide bonds. The third kappa shape index (κ3) is 4.20. The van der Waals surface area contributed by atoms with E-state index >= 15 is 0 Å². The molecule has 8 heteroatoms. The van der Waals surface area contributed by atoms with E-state index in [0.29, 0.717) is 17.3 Å². The van der Waals surface area contributed by atoms with Crippen LogP contribution in [0.5, 0.6) is 5.75 Å². The summed E-state index contributed by atoms with van der Waals surface area (Å²) in [5, 5.41) is 19.0. The summed E-state index contributed by atoms with van der Waals surface area (Å²) >= 11 is 0. The summed E-state index contributed by atoms with van der Waals surface area (Å²) in [4.78, 5) is 15.8. The first-order valence-corrected chi connectivity index (χ1v) is 9.22. The lowest BCUT2D eigenvalue weighted by atomic mass is 10.1. The number of ether oxygens (including phenoxy) is 1. The number of nitrogens with zero attached hydrogens (tertiary/aromatic N) is 4. The number of hydrogen-bond acceptors (Lipinski definition) is 6. The molecule has 0 spiro atoms. The molecule has 2 heterocycles. The number of nitrogens with one attached hydrogen (secondary N) is 2. The van der Waals surface area contributed by atoms with Crippen LogP contribution < -0.4 is 15.4 Å². The first kappa shape index (κ1) is 19.0. The van der Waals surface area contributed by atoms with Gasteiger partial charge in [0, 0.05) is 30.1 Å². The highest BCUT2D eigenvalue weighted by Gasteiger charge is 2.10. The van der Waals surface area contributed by atoms with Crippen LogP contribution in [0.1, 0.15) is 6.92 Å². The van der Waals surface area contributed by atoms with Gasteiger partial charge in [0.25, 0.3) is 0 Å². The van der Waals surface area contributed by atoms with Crippen molar-refractivity contribution in [1.29, 1.82) is 5.26 Å². The molecule has 0 saturated carbocycles. The predicted molar refractivity (Wildman–Crippen MR) is 114 cm³/mol. The SMILES string of the molecule is CC(=O)Nc1ccc(Nc2nc3c(-c4ccc(OCC#N)cc4)cccn3n2)cc1. The summed E-state index contributed by atoms with van der Waals surface area (Å²) < 4.78 is 7.02. The molecule has 4 aromatic rings. The highest BCUT2D eigenvalue weighted by molar-refractivity contribution is 5.88. The van der Waals surface area contributed by atoms with Crippen LogP contribution in [0.3, 0.4) is 0 Å². The van der Waals surface area contributed by atoms with Crippen molar-refractivity contribution in [2.45, 2.75) is 6.92 Å². The summed E-state index contributed by atoms with van der Waals surface area (Å²) in [6.45, 7) is 1.48. The number of carbonyl (C=O) groups excluding carboxylic acids is 1. The number of rotatable bonds is 6. The third-order valence-electron chi connectivity index (χ3n) is 4.29. The summed E-state index contributed by atoms with van der Waals surface area (Å²) in [6.07, 6.45) is 1.83. The number of amides is 1. The van der Waals surface area contributed by atoms with Crippen LogP contribution in [0.2, 0.25) is 0 Å². The number of hydrogen-bond donors (Lipinski definition) is 2. The molecule has 0 fully saturated rings. The number of fused-ring (bicyclic) bond motifs is 1. The fourth-order valence-corrected chi connectivity index (χ4v) is 3.00. The number of pyridine rings is 1. The minimum absolute atomic E-state index is 0.0138. The predicted octanol–water partition coefficient (Wildman–Crippen LogP) is 4.00. The van der Waals surface area contributed by atoms with E-state index < -0.39 is 0 Å².